The second-order valence-electron chi connectivity index (χ2n) is 3.93. The first-order valence-electron chi connectivity index (χ1n) is 5.29. The molecule has 6 heteroatoms. The van der Waals surface area contributed by atoms with E-state index in [-0.39, 0.29) is 17.2 Å². The average molecular weight is 266 g/mol. The summed E-state index contributed by atoms with van der Waals surface area (Å²) in [5, 5.41) is 8.45. The molecule has 0 saturated heterocycles. The molecule has 0 aliphatic carbocycles. The fourth-order valence-electron chi connectivity index (χ4n) is 1.40. The Hall–Kier alpha value is -1.87. The highest BCUT2D eigenvalue weighted by atomic mass is 32.2. The van der Waals surface area contributed by atoms with E-state index in [4.69, 9.17) is 5.26 Å². The lowest BCUT2D eigenvalue weighted by molar-refractivity contribution is 0.0798. The van der Waals surface area contributed by atoms with Gasteiger partial charge in [0, 0.05) is 25.4 Å². The summed E-state index contributed by atoms with van der Waals surface area (Å²) in [4.78, 5) is 13.5. The maximum Gasteiger partial charge on any atom is 0.253 e. The minimum Gasteiger partial charge on any atom is -0.341 e. The van der Waals surface area contributed by atoms with E-state index in [9.17, 15) is 13.2 Å². The Balaban J connectivity index is 2.98. The highest BCUT2D eigenvalue weighted by molar-refractivity contribution is 7.90. The summed E-state index contributed by atoms with van der Waals surface area (Å²) in [7, 11) is -1.75. The average Bonchev–Trinajstić information content (AvgIpc) is 2.34. The van der Waals surface area contributed by atoms with Crippen LogP contribution >= 0.6 is 0 Å². The SMILES string of the molecule is CN(CCC#N)C(=O)c1cccc(S(C)(=O)=O)c1. The molecule has 1 aromatic carbocycles. The summed E-state index contributed by atoms with van der Waals surface area (Å²) < 4.78 is 22.8. The molecule has 0 aliphatic heterocycles. The molecule has 0 bridgehead atoms. The molecule has 1 amide bonds. The van der Waals surface area contributed by atoms with Crippen LogP contribution in [0.1, 0.15) is 16.8 Å². The molecule has 0 atom stereocenters. The van der Waals surface area contributed by atoms with Gasteiger partial charge < -0.3 is 4.90 Å². The van der Waals surface area contributed by atoms with Gasteiger partial charge in [0.05, 0.1) is 17.4 Å². The number of rotatable bonds is 4. The van der Waals surface area contributed by atoms with Crippen LogP contribution in [0.15, 0.2) is 29.2 Å². The third-order valence-electron chi connectivity index (χ3n) is 2.41. The zero-order valence-electron chi connectivity index (χ0n) is 10.3. The number of benzene rings is 1. The van der Waals surface area contributed by atoms with Gasteiger partial charge in [-0.3, -0.25) is 4.79 Å². The second-order valence-corrected chi connectivity index (χ2v) is 5.95. The minimum atomic E-state index is -3.32. The van der Waals surface area contributed by atoms with Gasteiger partial charge in [0.2, 0.25) is 0 Å². The molecule has 1 rings (SSSR count). The third-order valence-corrected chi connectivity index (χ3v) is 3.53. The number of hydrogen-bond acceptors (Lipinski definition) is 4. The fourth-order valence-corrected chi connectivity index (χ4v) is 2.07. The van der Waals surface area contributed by atoms with E-state index < -0.39 is 9.84 Å². The molecule has 0 radical (unpaired) electrons. The fraction of sp³-hybridized carbons (Fsp3) is 0.333. The van der Waals surface area contributed by atoms with Crippen molar-refractivity contribution >= 4 is 15.7 Å². The summed E-state index contributed by atoms with van der Waals surface area (Å²) >= 11 is 0. The van der Waals surface area contributed by atoms with Gasteiger partial charge in [0.25, 0.3) is 5.91 Å². The molecule has 1 aromatic rings. The van der Waals surface area contributed by atoms with Crippen molar-refractivity contribution in [1.29, 1.82) is 5.26 Å². The number of sulfone groups is 1. The third kappa shape index (κ3) is 3.57. The van der Waals surface area contributed by atoms with Gasteiger partial charge in [-0.25, -0.2) is 8.42 Å². The van der Waals surface area contributed by atoms with Crippen molar-refractivity contribution in [2.24, 2.45) is 0 Å². The van der Waals surface area contributed by atoms with Crippen molar-refractivity contribution in [3.05, 3.63) is 29.8 Å². The lowest BCUT2D eigenvalue weighted by Crippen LogP contribution is -2.27. The van der Waals surface area contributed by atoms with Crippen molar-refractivity contribution in [3.63, 3.8) is 0 Å². The number of carbonyl (C=O) groups excluding carboxylic acids is 1. The first kappa shape index (κ1) is 14.2. The zero-order valence-corrected chi connectivity index (χ0v) is 11.1. The smallest absolute Gasteiger partial charge is 0.253 e. The lowest BCUT2D eigenvalue weighted by Gasteiger charge is -2.15. The molecule has 0 unspecified atom stereocenters. The number of hydrogen-bond donors (Lipinski definition) is 0. The Bertz CT molecular complexity index is 588. The van der Waals surface area contributed by atoms with E-state index in [2.05, 4.69) is 0 Å². The van der Waals surface area contributed by atoms with Crippen LogP contribution in [0.5, 0.6) is 0 Å². The highest BCUT2D eigenvalue weighted by Crippen LogP contribution is 2.12. The van der Waals surface area contributed by atoms with Gasteiger partial charge in [-0.1, -0.05) is 6.07 Å². The van der Waals surface area contributed by atoms with E-state index in [0.29, 0.717) is 12.1 Å². The molecule has 0 spiro atoms. The molecule has 0 aliphatic rings. The van der Waals surface area contributed by atoms with Gasteiger partial charge >= 0.3 is 0 Å². The Kier molecular flexibility index (Phi) is 4.45. The number of amides is 1. The molecule has 0 fully saturated rings. The van der Waals surface area contributed by atoms with E-state index >= 15 is 0 Å². The maximum atomic E-state index is 12.0. The number of nitriles is 1. The topological polar surface area (TPSA) is 78.2 Å². The minimum absolute atomic E-state index is 0.113. The first-order chi connectivity index (χ1) is 8.36. The largest absolute Gasteiger partial charge is 0.341 e. The Morgan fingerprint density at radius 3 is 2.67 bits per heavy atom. The van der Waals surface area contributed by atoms with E-state index in [1.165, 1.54) is 23.1 Å². The van der Waals surface area contributed by atoms with Gasteiger partial charge in [0.1, 0.15) is 0 Å². The predicted molar refractivity (Wildman–Crippen MR) is 66.7 cm³/mol. The van der Waals surface area contributed by atoms with Crippen molar-refractivity contribution in [2.75, 3.05) is 19.8 Å². The Morgan fingerprint density at radius 1 is 1.44 bits per heavy atom. The monoisotopic (exact) mass is 266 g/mol. The van der Waals surface area contributed by atoms with E-state index in [1.54, 1.807) is 13.1 Å². The summed E-state index contributed by atoms with van der Waals surface area (Å²) in [6, 6.07) is 7.83. The van der Waals surface area contributed by atoms with Gasteiger partial charge in [0.15, 0.2) is 9.84 Å². The van der Waals surface area contributed by atoms with Gasteiger partial charge in [-0.15, -0.1) is 0 Å². The molecule has 5 nitrogen and oxygen atoms in total. The Labute approximate surface area is 107 Å². The van der Waals surface area contributed by atoms with E-state index in [1.807, 2.05) is 6.07 Å². The Morgan fingerprint density at radius 2 is 2.11 bits per heavy atom. The van der Waals surface area contributed by atoms with Gasteiger partial charge in [-0.2, -0.15) is 5.26 Å². The summed E-state index contributed by atoms with van der Waals surface area (Å²) in [6.07, 6.45) is 1.34. The maximum absolute atomic E-state index is 12.0. The summed E-state index contributed by atoms with van der Waals surface area (Å²) in [5.41, 5.74) is 0.304. The second kappa shape index (κ2) is 5.65. The molecule has 0 N–H and O–H groups in total. The van der Waals surface area contributed by atoms with Crippen LogP contribution in [0.2, 0.25) is 0 Å². The van der Waals surface area contributed by atoms with Crippen LogP contribution in [0.25, 0.3) is 0 Å². The standard InChI is InChI=1S/C12H14N2O3S/c1-14(8-4-7-13)12(15)10-5-3-6-11(9-10)18(2,16)17/h3,5-6,9H,4,8H2,1-2H3. The number of nitrogens with zero attached hydrogens (tertiary/aromatic N) is 2. The molecule has 0 aromatic heterocycles. The van der Waals surface area contributed by atoms with Crippen LogP contribution in [-0.2, 0) is 9.84 Å². The van der Waals surface area contributed by atoms with Gasteiger partial charge in [-0.05, 0) is 18.2 Å². The predicted octanol–water partition coefficient (Wildman–Crippen LogP) is 1.08. The molecular weight excluding hydrogens is 252 g/mol. The zero-order chi connectivity index (χ0) is 13.8. The van der Waals surface area contributed by atoms with Crippen LogP contribution in [-0.4, -0.2) is 39.1 Å². The molecule has 96 valence electrons. The molecule has 0 saturated carbocycles. The van der Waals surface area contributed by atoms with Crippen LogP contribution in [0.4, 0.5) is 0 Å². The number of carbonyl (C=O) groups is 1. The molecule has 0 heterocycles. The highest BCUT2D eigenvalue weighted by Gasteiger charge is 2.14. The first-order valence-corrected chi connectivity index (χ1v) is 7.18. The van der Waals surface area contributed by atoms with Crippen LogP contribution < -0.4 is 0 Å². The van der Waals surface area contributed by atoms with Crippen LogP contribution in [0, 0.1) is 11.3 Å². The molecular formula is C12H14N2O3S. The van der Waals surface area contributed by atoms with Crippen molar-refractivity contribution < 1.29 is 13.2 Å². The lowest BCUT2D eigenvalue weighted by atomic mass is 10.2. The van der Waals surface area contributed by atoms with Crippen molar-refractivity contribution in [1.82, 2.24) is 4.90 Å². The molecule has 18 heavy (non-hydrogen) atoms. The summed E-state index contributed by atoms with van der Waals surface area (Å²) in [6.45, 7) is 0.318. The van der Waals surface area contributed by atoms with Crippen molar-refractivity contribution in [2.45, 2.75) is 11.3 Å². The van der Waals surface area contributed by atoms with Crippen molar-refractivity contribution in [3.8, 4) is 6.07 Å². The van der Waals surface area contributed by atoms with E-state index in [0.717, 1.165) is 6.26 Å². The quantitative estimate of drug-likeness (QED) is 0.816. The normalized spacial score (nSPS) is 10.7. The summed E-state index contributed by atoms with van der Waals surface area (Å²) in [5.74, 6) is -0.296. The van der Waals surface area contributed by atoms with Crippen LogP contribution in [0.3, 0.4) is 0 Å².